The topological polar surface area (TPSA) is 157 Å². The molecule has 0 aliphatic heterocycles. The molecule has 0 aliphatic rings. The Morgan fingerprint density at radius 3 is 2.07 bits per heavy atom. The Morgan fingerprint density at radius 1 is 0.952 bits per heavy atom. The molecule has 10 nitrogen and oxygen atoms in total. The molecule has 14 heteroatoms. The predicted octanol–water partition coefficient (Wildman–Crippen LogP) is 2.05. The van der Waals surface area contributed by atoms with Crippen LogP contribution in [0.1, 0.15) is 30.5 Å². The summed E-state index contributed by atoms with van der Waals surface area (Å²) in [5, 5.41) is 5.25. The minimum Gasteiger partial charge on any atom is -0.464 e. The van der Waals surface area contributed by atoms with Gasteiger partial charge in [0.2, 0.25) is 17.7 Å². The minimum atomic E-state index is -1.39. The van der Waals surface area contributed by atoms with Gasteiger partial charge >= 0.3 is 5.97 Å². The molecule has 0 spiro atoms. The fourth-order valence-electron chi connectivity index (χ4n) is 4.29. The molecular weight excluding hydrogens is 612 g/mol. The van der Waals surface area contributed by atoms with Crippen molar-refractivity contribution in [2.45, 2.75) is 43.9 Å². The highest BCUT2D eigenvalue weighted by Gasteiger charge is 2.38. The van der Waals surface area contributed by atoms with Crippen molar-refractivity contribution >= 4 is 59.3 Å². The van der Waals surface area contributed by atoms with Crippen molar-refractivity contribution in [3.8, 4) is 0 Å². The van der Waals surface area contributed by atoms with Gasteiger partial charge in [-0.25, -0.2) is 9.18 Å². The molecule has 3 amide bonds. The second-order valence-electron chi connectivity index (χ2n) is 9.18. The summed E-state index contributed by atoms with van der Waals surface area (Å²) < 4.78 is 18.4. The van der Waals surface area contributed by atoms with Crippen LogP contribution in [0.4, 0.5) is 4.39 Å². The summed E-state index contributed by atoms with van der Waals surface area (Å²) >= 11 is 12.2. The van der Waals surface area contributed by atoms with Crippen LogP contribution in [0.3, 0.4) is 0 Å². The summed E-state index contributed by atoms with van der Waals surface area (Å²) in [6.45, 7) is 2.19. The van der Waals surface area contributed by atoms with E-state index in [-0.39, 0.29) is 37.2 Å². The molecular formula is C28H37Cl3FN5O5. The Morgan fingerprint density at radius 2 is 1.55 bits per heavy atom. The molecule has 2 rings (SSSR count). The van der Waals surface area contributed by atoms with E-state index in [2.05, 4.69) is 10.6 Å². The van der Waals surface area contributed by atoms with Crippen molar-refractivity contribution in [3.63, 3.8) is 0 Å². The number of primary amides is 1. The summed E-state index contributed by atoms with van der Waals surface area (Å²) in [6.07, 6.45) is -0.449. The van der Waals surface area contributed by atoms with Crippen LogP contribution < -0.4 is 22.1 Å². The van der Waals surface area contributed by atoms with Crippen molar-refractivity contribution < 1.29 is 28.3 Å². The van der Waals surface area contributed by atoms with Crippen molar-refractivity contribution in [2.24, 2.45) is 11.5 Å². The van der Waals surface area contributed by atoms with Gasteiger partial charge in [-0.1, -0.05) is 42.5 Å². The fraction of sp³-hybridized carbons (Fsp3) is 0.429. The van der Waals surface area contributed by atoms with Gasteiger partial charge in [0.15, 0.2) is 0 Å². The van der Waals surface area contributed by atoms with Gasteiger partial charge in [-0.05, 0) is 36.6 Å². The zero-order chi connectivity index (χ0) is 30.4. The molecule has 0 bridgehead atoms. The molecule has 4 atom stereocenters. The van der Waals surface area contributed by atoms with Gasteiger partial charge in [0, 0.05) is 24.8 Å². The van der Waals surface area contributed by atoms with Gasteiger partial charge in [0.25, 0.3) is 0 Å². The average Bonchev–Trinajstić information content (AvgIpc) is 2.94. The number of nitrogens with two attached hydrogens (primary N) is 2. The highest BCUT2D eigenvalue weighted by atomic mass is 35.5. The van der Waals surface area contributed by atoms with E-state index in [1.807, 2.05) is 4.90 Å². The minimum absolute atomic E-state index is 0. The molecule has 0 aromatic heterocycles. The first-order valence-electron chi connectivity index (χ1n) is 13.1. The Hall–Kier alpha value is -2.96. The highest BCUT2D eigenvalue weighted by molar-refractivity contribution is 6.18. The van der Waals surface area contributed by atoms with Gasteiger partial charge in [0.05, 0.1) is 25.1 Å². The lowest BCUT2D eigenvalue weighted by Crippen LogP contribution is -2.60. The number of benzene rings is 2. The van der Waals surface area contributed by atoms with E-state index in [1.54, 1.807) is 37.3 Å². The number of nitrogens with one attached hydrogen (secondary N) is 2. The molecule has 2 aromatic rings. The van der Waals surface area contributed by atoms with E-state index in [4.69, 9.17) is 39.4 Å². The number of carbonyl (C=O) groups excluding carboxylic acids is 4. The number of carbonyl (C=O) groups is 4. The number of nitrogens with zero attached hydrogens (tertiary/aromatic N) is 1. The van der Waals surface area contributed by atoms with E-state index >= 15 is 0 Å². The molecule has 0 saturated heterocycles. The molecule has 42 heavy (non-hydrogen) atoms. The van der Waals surface area contributed by atoms with Gasteiger partial charge in [-0.2, -0.15) is 0 Å². The molecule has 0 heterocycles. The van der Waals surface area contributed by atoms with Crippen LogP contribution >= 0.6 is 35.6 Å². The van der Waals surface area contributed by atoms with Gasteiger partial charge in [-0.15, -0.1) is 35.6 Å². The molecule has 0 saturated carbocycles. The summed E-state index contributed by atoms with van der Waals surface area (Å²) in [7, 11) is 0. The molecule has 0 fully saturated rings. The summed E-state index contributed by atoms with van der Waals surface area (Å²) in [5.41, 5.74) is 12.8. The Labute approximate surface area is 261 Å². The van der Waals surface area contributed by atoms with Crippen molar-refractivity contribution in [1.29, 1.82) is 0 Å². The van der Waals surface area contributed by atoms with Crippen molar-refractivity contribution in [3.05, 3.63) is 71.5 Å². The van der Waals surface area contributed by atoms with Crippen LogP contribution in [0.25, 0.3) is 0 Å². The number of amides is 3. The smallest absolute Gasteiger partial charge is 0.329 e. The maximum Gasteiger partial charge on any atom is 0.329 e. The number of esters is 1. The lowest BCUT2D eigenvalue weighted by Gasteiger charge is -2.37. The zero-order valence-electron chi connectivity index (χ0n) is 23.1. The first-order chi connectivity index (χ1) is 19.6. The second kappa shape index (κ2) is 19.3. The van der Waals surface area contributed by atoms with Gasteiger partial charge in [0.1, 0.15) is 17.9 Å². The summed E-state index contributed by atoms with van der Waals surface area (Å²) in [4.78, 5) is 53.3. The van der Waals surface area contributed by atoms with E-state index in [0.29, 0.717) is 24.2 Å². The van der Waals surface area contributed by atoms with Crippen LogP contribution in [0, 0.1) is 5.82 Å². The Bertz CT molecular complexity index is 1140. The number of rotatable bonds is 17. The number of ether oxygens (including phenoxy) is 1. The van der Waals surface area contributed by atoms with Crippen LogP contribution in [0.2, 0.25) is 0 Å². The zero-order valence-corrected chi connectivity index (χ0v) is 25.5. The van der Waals surface area contributed by atoms with Crippen LogP contribution in [-0.2, 0) is 30.3 Å². The third-order valence-corrected chi connectivity index (χ3v) is 6.51. The molecule has 4 unspecified atom stereocenters. The average molecular weight is 649 g/mol. The van der Waals surface area contributed by atoms with E-state index in [0.717, 1.165) is 0 Å². The lowest BCUT2D eigenvalue weighted by molar-refractivity contribution is -0.149. The molecule has 0 radical (unpaired) electrons. The number of hydrogen-bond acceptors (Lipinski definition) is 7. The number of alkyl halides is 2. The van der Waals surface area contributed by atoms with E-state index < -0.39 is 60.1 Å². The van der Waals surface area contributed by atoms with Crippen LogP contribution in [0.5, 0.6) is 0 Å². The Kier molecular flexibility index (Phi) is 17.0. The molecule has 6 N–H and O–H groups in total. The first-order valence-corrected chi connectivity index (χ1v) is 14.1. The normalized spacial score (nSPS) is 13.7. The second-order valence-corrected chi connectivity index (χ2v) is 9.93. The monoisotopic (exact) mass is 647 g/mol. The quantitative estimate of drug-likeness (QED) is 0.151. The SMILES string of the molecule is CCOC(=O)C(CC(N)=O)NC(=O)C(NC(=O)C(N)Cc1ccc(F)cc1)C(c1ccccc1)N(CCCl)CCCl.Cl. The Balaban J connectivity index is 0.00000882. The van der Waals surface area contributed by atoms with Crippen molar-refractivity contribution in [2.75, 3.05) is 31.5 Å². The highest BCUT2D eigenvalue weighted by Crippen LogP contribution is 2.26. The standard InChI is InChI=1S/C28H36Cl2FN5O5.ClH/c1-2-41-28(40)22(17-23(33)37)34-27(39)24(35-26(38)21(32)16-18-8-10-20(31)11-9-18)25(19-6-4-3-5-7-19)36(14-12-29)15-13-30;/h3-11,21-22,24-25H,2,12-17,32H2,1H3,(H2,33,37)(H,34,39)(H,35,38);1H. The molecule has 2 aromatic carbocycles. The van der Waals surface area contributed by atoms with Crippen LogP contribution in [-0.4, -0.2) is 78.2 Å². The van der Waals surface area contributed by atoms with E-state index in [1.165, 1.54) is 24.3 Å². The van der Waals surface area contributed by atoms with Gasteiger partial charge < -0.3 is 26.8 Å². The van der Waals surface area contributed by atoms with Crippen molar-refractivity contribution in [1.82, 2.24) is 15.5 Å². The largest absolute Gasteiger partial charge is 0.464 e. The third kappa shape index (κ3) is 11.7. The number of halogens is 4. The predicted molar refractivity (Wildman–Crippen MR) is 162 cm³/mol. The summed E-state index contributed by atoms with van der Waals surface area (Å²) in [6, 6.07) is 9.81. The fourth-order valence-corrected chi connectivity index (χ4v) is 4.72. The maximum atomic E-state index is 13.9. The van der Waals surface area contributed by atoms with Gasteiger partial charge in [-0.3, -0.25) is 19.3 Å². The third-order valence-electron chi connectivity index (χ3n) is 6.17. The summed E-state index contributed by atoms with van der Waals surface area (Å²) in [5.74, 6) is -3.19. The van der Waals surface area contributed by atoms with E-state index in [9.17, 15) is 23.6 Å². The maximum absolute atomic E-state index is 13.9. The molecule has 0 aliphatic carbocycles. The number of hydrogen-bond donors (Lipinski definition) is 4. The first kappa shape index (κ1) is 37.1. The molecule has 232 valence electrons. The lowest BCUT2D eigenvalue weighted by atomic mass is 9.95. The van der Waals surface area contributed by atoms with Crippen LogP contribution in [0.15, 0.2) is 54.6 Å².